The van der Waals surface area contributed by atoms with Crippen molar-refractivity contribution in [2.45, 2.75) is 58.3 Å². The van der Waals surface area contributed by atoms with Crippen molar-refractivity contribution in [3.63, 3.8) is 0 Å². The van der Waals surface area contributed by atoms with Crippen molar-refractivity contribution >= 4 is 40.1 Å². The largest absolute Gasteiger partial charge is 0.444 e. The Labute approximate surface area is 282 Å². The number of amidine groups is 1. The summed E-state index contributed by atoms with van der Waals surface area (Å²) in [6.07, 6.45) is 0.763. The molecule has 0 bridgehead atoms. The van der Waals surface area contributed by atoms with Crippen molar-refractivity contribution in [3.05, 3.63) is 106 Å². The van der Waals surface area contributed by atoms with E-state index in [1.54, 1.807) is 42.5 Å². The highest BCUT2D eigenvalue weighted by atomic mass is 32.2. The lowest BCUT2D eigenvalue weighted by Crippen LogP contribution is -2.35. The zero-order valence-corrected chi connectivity index (χ0v) is 28.2. The predicted octanol–water partition coefficient (Wildman–Crippen LogP) is 4.64. The molecule has 0 saturated heterocycles. The molecule has 0 radical (unpaired) electrons. The van der Waals surface area contributed by atoms with E-state index >= 15 is 0 Å². The van der Waals surface area contributed by atoms with Gasteiger partial charge in [-0.1, -0.05) is 68.4 Å². The number of nitrogen functional groups attached to an aromatic ring is 1. The van der Waals surface area contributed by atoms with Crippen molar-refractivity contribution in [3.8, 4) is 11.3 Å². The molecule has 6 N–H and O–H groups in total. The molecular formula is C35H41N7O5S. The van der Waals surface area contributed by atoms with E-state index in [0.717, 1.165) is 11.1 Å². The lowest BCUT2D eigenvalue weighted by atomic mass is 10.1. The Morgan fingerprint density at radius 2 is 1.71 bits per heavy atom. The Hall–Kier alpha value is -5.30. The molecule has 0 fully saturated rings. The highest BCUT2D eigenvalue weighted by molar-refractivity contribution is 7.85. The molecule has 0 aliphatic carbocycles. The number of carbonyl (C=O) groups is 2. The van der Waals surface area contributed by atoms with Crippen LogP contribution in [-0.2, 0) is 40.0 Å². The molecule has 4 aromatic rings. The summed E-state index contributed by atoms with van der Waals surface area (Å²) in [5, 5.41) is 16.5. The monoisotopic (exact) mass is 671 g/mol. The number of amides is 2. The highest BCUT2D eigenvalue weighted by Gasteiger charge is 2.18. The number of alkyl carbamates (subject to hydrolysis) is 1. The van der Waals surface area contributed by atoms with E-state index in [9.17, 15) is 18.6 Å². The minimum Gasteiger partial charge on any atom is -0.444 e. The number of anilines is 2. The zero-order valence-electron chi connectivity index (χ0n) is 27.4. The van der Waals surface area contributed by atoms with Gasteiger partial charge in [-0.25, -0.2) is 9.78 Å². The van der Waals surface area contributed by atoms with Gasteiger partial charge in [-0.15, -0.1) is 0 Å². The molecule has 1 unspecified atom stereocenters. The molecule has 1 aromatic heterocycles. The first kappa shape index (κ1) is 35.6. The molecule has 0 aliphatic heterocycles. The summed E-state index contributed by atoms with van der Waals surface area (Å²) in [6.45, 7) is 7.65. The van der Waals surface area contributed by atoms with Crippen LogP contribution in [0.25, 0.3) is 11.3 Å². The van der Waals surface area contributed by atoms with E-state index in [-0.39, 0.29) is 43.3 Å². The molecular weight excluding hydrogens is 630 g/mol. The fraction of sp³-hybridized carbons (Fsp3) is 0.286. The third-order valence-corrected chi connectivity index (χ3v) is 8.66. The summed E-state index contributed by atoms with van der Waals surface area (Å²) in [5.74, 6) is 0.205. The van der Waals surface area contributed by atoms with Crippen LogP contribution in [0.3, 0.4) is 0 Å². The van der Waals surface area contributed by atoms with E-state index in [0.29, 0.717) is 33.2 Å². The maximum absolute atomic E-state index is 13.6. The zero-order chi connectivity index (χ0) is 34.8. The van der Waals surface area contributed by atoms with Gasteiger partial charge in [-0.3, -0.25) is 29.1 Å². The number of aromatic nitrogens is 2. The van der Waals surface area contributed by atoms with E-state index in [4.69, 9.17) is 15.9 Å². The van der Waals surface area contributed by atoms with Gasteiger partial charge in [0.15, 0.2) is 5.82 Å². The smallest absolute Gasteiger partial charge is 0.413 e. The van der Waals surface area contributed by atoms with Gasteiger partial charge in [-0.2, -0.15) is 0 Å². The summed E-state index contributed by atoms with van der Waals surface area (Å²) in [4.78, 5) is 43.7. The minimum atomic E-state index is -1.30. The number of rotatable bonds is 13. The van der Waals surface area contributed by atoms with Crippen LogP contribution in [0, 0.1) is 11.3 Å². The first-order chi connectivity index (χ1) is 22.9. The van der Waals surface area contributed by atoms with Crippen LogP contribution >= 0.6 is 0 Å². The summed E-state index contributed by atoms with van der Waals surface area (Å²) in [7, 11) is -1.30. The highest BCUT2D eigenvalue weighted by Crippen LogP contribution is 2.25. The average molecular weight is 672 g/mol. The van der Waals surface area contributed by atoms with Crippen molar-refractivity contribution in [1.82, 2.24) is 20.2 Å². The molecule has 252 valence electrons. The Morgan fingerprint density at radius 3 is 2.38 bits per heavy atom. The summed E-state index contributed by atoms with van der Waals surface area (Å²) >= 11 is 0. The maximum atomic E-state index is 13.6. The lowest BCUT2D eigenvalue weighted by molar-refractivity contribution is -0.121. The standard InChI is InChI=1S/C35H41N7O5S/c1-22(2)21-48(46)29-15-27(14-28(36)16-29)30-18-39-33(40-23(3)4)34(44)42(30)19-31(43)38-17-24-10-12-26(13-11-24)32(37)41-35(45)47-20-25-8-6-5-7-9-25/h5-16,18,22-23H,17,19-21,36H2,1-4H3,(H,38,43)(H,39,40)(H2,37,41,45). The Morgan fingerprint density at radius 1 is 1.00 bits per heavy atom. The molecule has 4 rings (SSSR count). The second-order valence-electron chi connectivity index (χ2n) is 11.9. The maximum Gasteiger partial charge on any atom is 0.413 e. The topological polar surface area (TPSA) is 181 Å². The van der Waals surface area contributed by atoms with E-state index in [1.165, 1.54) is 10.8 Å². The number of carbonyl (C=O) groups excluding carboxylic acids is 2. The average Bonchev–Trinajstić information content (AvgIpc) is 3.04. The van der Waals surface area contributed by atoms with Crippen LogP contribution < -0.4 is 27.2 Å². The van der Waals surface area contributed by atoms with Crippen LogP contribution in [0.15, 0.2) is 88.7 Å². The van der Waals surface area contributed by atoms with Crippen LogP contribution in [-0.4, -0.2) is 43.4 Å². The van der Waals surface area contributed by atoms with Crippen molar-refractivity contribution in [2.75, 3.05) is 16.8 Å². The molecule has 12 nitrogen and oxygen atoms in total. The van der Waals surface area contributed by atoms with E-state index in [2.05, 4.69) is 20.9 Å². The number of ether oxygens (including phenoxy) is 1. The molecule has 1 atom stereocenters. The molecule has 0 spiro atoms. The first-order valence-electron chi connectivity index (χ1n) is 15.5. The molecule has 13 heteroatoms. The SMILES string of the molecule is CC(C)CS(=O)c1cc(N)cc(-c2cnc(NC(C)C)c(=O)n2CC(=O)NCc2ccc(C(=N)NC(=O)OCc3ccccc3)cc2)c1. The molecule has 3 aromatic carbocycles. The van der Waals surface area contributed by atoms with Crippen molar-refractivity contribution in [2.24, 2.45) is 5.92 Å². The fourth-order valence-corrected chi connectivity index (χ4v) is 5.99. The van der Waals surface area contributed by atoms with E-state index < -0.39 is 28.4 Å². The van der Waals surface area contributed by atoms with Gasteiger partial charge in [0.1, 0.15) is 19.0 Å². The van der Waals surface area contributed by atoms with Gasteiger partial charge in [0.25, 0.3) is 5.56 Å². The molecule has 48 heavy (non-hydrogen) atoms. The molecule has 0 saturated carbocycles. The number of nitrogens with two attached hydrogens (primary N) is 1. The number of hydrogen-bond acceptors (Lipinski definition) is 9. The van der Waals surface area contributed by atoms with E-state index in [1.807, 2.05) is 58.0 Å². The van der Waals surface area contributed by atoms with Crippen LogP contribution in [0.5, 0.6) is 0 Å². The van der Waals surface area contributed by atoms with Gasteiger partial charge in [-0.05, 0) is 49.1 Å². The predicted molar refractivity (Wildman–Crippen MR) is 188 cm³/mol. The van der Waals surface area contributed by atoms with Gasteiger partial charge in [0, 0.05) is 40.0 Å². The molecule has 2 amide bonds. The summed E-state index contributed by atoms with van der Waals surface area (Å²) in [6, 6.07) is 20.9. The second-order valence-corrected chi connectivity index (χ2v) is 13.4. The number of nitrogens with zero attached hydrogens (tertiary/aromatic N) is 2. The quantitative estimate of drug-likeness (QED) is 0.0774. The second kappa shape index (κ2) is 16.5. The lowest BCUT2D eigenvalue weighted by Gasteiger charge is -2.17. The number of nitrogens with one attached hydrogen (secondary N) is 4. The normalized spacial score (nSPS) is 11.6. The fourth-order valence-electron chi connectivity index (χ4n) is 4.67. The van der Waals surface area contributed by atoms with Crippen LogP contribution in [0.1, 0.15) is 44.4 Å². The van der Waals surface area contributed by atoms with Crippen molar-refractivity contribution < 1.29 is 18.5 Å². The Bertz CT molecular complexity index is 1840. The molecule has 0 aliphatic rings. The number of hydrogen-bond donors (Lipinski definition) is 5. The first-order valence-corrected chi connectivity index (χ1v) is 16.8. The Kier molecular flexibility index (Phi) is 12.2. The number of benzene rings is 3. The van der Waals surface area contributed by atoms with Gasteiger partial charge in [0.2, 0.25) is 5.91 Å². The molecule has 1 heterocycles. The van der Waals surface area contributed by atoms with Gasteiger partial charge >= 0.3 is 6.09 Å². The van der Waals surface area contributed by atoms with Crippen LogP contribution in [0.2, 0.25) is 0 Å². The van der Waals surface area contributed by atoms with Crippen molar-refractivity contribution in [1.29, 1.82) is 5.41 Å². The van der Waals surface area contributed by atoms with Gasteiger partial charge < -0.3 is 21.1 Å². The summed E-state index contributed by atoms with van der Waals surface area (Å²) in [5.41, 5.74) is 8.97. The van der Waals surface area contributed by atoms with Gasteiger partial charge in [0.05, 0.1) is 22.7 Å². The van der Waals surface area contributed by atoms with Crippen LogP contribution in [0.4, 0.5) is 16.3 Å². The minimum absolute atomic E-state index is 0.0738. The third-order valence-electron chi connectivity index (χ3n) is 6.93. The third kappa shape index (κ3) is 10.1. The Balaban J connectivity index is 1.44. The summed E-state index contributed by atoms with van der Waals surface area (Å²) < 4.78 is 19.5.